The molecule has 2 rings (SSSR count). The van der Waals surface area contributed by atoms with Gasteiger partial charge in [-0.3, -0.25) is 4.79 Å². The molecule has 1 aliphatic rings. The summed E-state index contributed by atoms with van der Waals surface area (Å²) < 4.78 is 6.21. The van der Waals surface area contributed by atoms with Crippen LogP contribution in [0.25, 0.3) is 0 Å². The molecule has 0 aliphatic carbocycles. The van der Waals surface area contributed by atoms with Gasteiger partial charge in [0.1, 0.15) is 0 Å². The van der Waals surface area contributed by atoms with Crippen LogP contribution in [0.3, 0.4) is 0 Å². The molecule has 1 N–H and O–H groups in total. The number of rotatable bonds is 2. The van der Waals surface area contributed by atoms with Crippen molar-refractivity contribution in [2.75, 3.05) is 24.7 Å². The van der Waals surface area contributed by atoms with Gasteiger partial charge in [-0.25, -0.2) is 0 Å². The lowest BCUT2D eigenvalue weighted by atomic mass is 10.1. The van der Waals surface area contributed by atoms with Crippen molar-refractivity contribution in [3.05, 3.63) is 28.2 Å². The van der Waals surface area contributed by atoms with Gasteiger partial charge in [-0.1, -0.05) is 15.9 Å². The zero-order valence-corrected chi connectivity index (χ0v) is 11.1. The number of aryl methyl sites for hydroxylation is 1. The molecule has 1 unspecified atom stereocenters. The molecule has 0 saturated carbocycles. The Morgan fingerprint density at radius 1 is 1.59 bits per heavy atom. The van der Waals surface area contributed by atoms with Crippen molar-refractivity contribution in [3.63, 3.8) is 0 Å². The van der Waals surface area contributed by atoms with Gasteiger partial charge in [0.25, 0.3) is 5.91 Å². The largest absolute Gasteiger partial charge is 0.393 e. The Labute approximate surface area is 108 Å². The number of hydrogen-bond acceptors (Lipinski definition) is 3. The van der Waals surface area contributed by atoms with E-state index in [9.17, 15) is 4.79 Å². The maximum atomic E-state index is 12.0. The maximum absolute atomic E-state index is 12.0. The van der Waals surface area contributed by atoms with E-state index in [2.05, 4.69) is 15.9 Å². The molecule has 1 aromatic carbocycles. The molecule has 1 aliphatic heterocycles. The van der Waals surface area contributed by atoms with Crippen molar-refractivity contribution in [2.24, 2.45) is 0 Å². The number of nitrogens with zero attached hydrogens (tertiary/aromatic N) is 1. The summed E-state index contributed by atoms with van der Waals surface area (Å²) in [6.45, 7) is 2.68. The lowest BCUT2D eigenvalue weighted by Gasteiger charge is -2.31. The highest BCUT2D eigenvalue weighted by atomic mass is 79.9. The number of carbonyl (C=O) groups excluding carboxylic acids is 1. The van der Waals surface area contributed by atoms with Crippen molar-refractivity contribution in [1.82, 2.24) is 0 Å². The van der Waals surface area contributed by atoms with Crippen molar-refractivity contribution < 1.29 is 14.6 Å². The minimum atomic E-state index is -0.729. The molecule has 1 aromatic rings. The van der Waals surface area contributed by atoms with Gasteiger partial charge in [0, 0.05) is 16.7 Å². The van der Waals surface area contributed by atoms with Gasteiger partial charge in [0.15, 0.2) is 6.10 Å². The van der Waals surface area contributed by atoms with Gasteiger partial charge in [0.2, 0.25) is 0 Å². The number of benzene rings is 1. The first-order chi connectivity index (χ1) is 8.13. The molecule has 1 atom stereocenters. The number of morpholine rings is 1. The minimum Gasteiger partial charge on any atom is -0.393 e. The molecule has 0 bridgehead atoms. The molecule has 1 saturated heterocycles. The number of hydrogen-bond donors (Lipinski definition) is 1. The van der Waals surface area contributed by atoms with E-state index in [-0.39, 0.29) is 12.5 Å². The minimum absolute atomic E-state index is 0.180. The summed E-state index contributed by atoms with van der Waals surface area (Å²) >= 11 is 3.43. The van der Waals surface area contributed by atoms with Crippen molar-refractivity contribution >= 4 is 27.5 Å². The maximum Gasteiger partial charge on any atom is 0.258 e. The number of anilines is 1. The molecular weight excluding hydrogens is 286 g/mol. The summed E-state index contributed by atoms with van der Waals surface area (Å²) in [6, 6.07) is 5.75. The number of halogens is 1. The summed E-state index contributed by atoms with van der Waals surface area (Å²) in [6.07, 6.45) is -0.729. The third kappa shape index (κ3) is 2.51. The smallest absolute Gasteiger partial charge is 0.258 e. The fraction of sp³-hybridized carbons (Fsp3) is 0.417. The summed E-state index contributed by atoms with van der Waals surface area (Å²) in [5, 5.41) is 9.04. The molecule has 0 radical (unpaired) electrons. The van der Waals surface area contributed by atoms with Gasteiger partial charge >= 0.3 is 0 Å². The first-order valence-corrected chi connectivity index (χ1v) is 6.23. The summed E-state index contributed by atoms with van der Waals surface area (Å²) in [4.78, 5) is 13.6. The fourth-order valence-electron chi connectivity index (χ4n) is 1.83. The SMILES string of the molecule is Cc1cc(N2CCOC(CO)C2=O)ccc1Br. The summed E-state index contributed by atoms with van der Waals surface area (Å²) in [5.41, 5.74) is 1.92. The van der Waals surface area contributed by atoms with Crippen LogP contribution in [-0.2, 0) is 9.53 Å². The number of ether oxygens (including phenoxy) is 1. The molecule has 0 spiro atoms. The van der Waals surface area contributed by atoms with Crippen LogP contribution in [0.1, 0.15) is 5.56 Å². The zero-order valence-electron chi connectivity index (χ0n) is 9.52. The van der Waals surface area contributed by atoms with Crippen LogP contribution < -0.4 is 4.90 Å². The molecule has 1 amide bonds. The molecular formula is C12H14BrNO3. The number of amides is 1. The van der Waals surface area contributed by atoms with Crippen molar-refractivity contribution in [3.8, 4) is 0 Å². The first-order valence-electron chi connectivity index (χ1n) is 5.43. The van der Waals surface area contributed by atoms with Crippen LogP contribution in [0.2, 0.25) is 0 Å². The van der Waals surface area contributed by atoms with Crippen LogP contribution in [-0.4, -0.2) is 36.9 Å². The van der Waals surface area contributed by atoms with E-state index in [1.54, 1.807) is 4.90 Å². The molecule has 17 heavy (non-hydrogen) atoms. The molecule has 4 nitrogen and oxygen atoms in total. The van der Waals surface area contributed by atoms with E-state index in [1.165, 1.54) is 0 Å². The second-order valence-corrected chi connectivity index (χ2v) is 4.82. The van der Waals surface area contributed by atoms with E-state index in [1.807, 2.05) is 25.1 Å². The van der Waals surface area contributed by atoms with Crippen LogP contribution in [0.5, 0.6) is 0 Å². The van der Waals surface area contributed by atoms with E-state index >= 15 is 0 Å². The van der Waals surface area contributed by atoms with Crippen LogP contribution >= 0.6 is 15.9 Å². The summed E-state index contributed by atoms with van der Waals surface area (Å²) in [7, 11) is 0. The second kappa shape index (κ2) is 5.16. The molecule has 1 fully saturated rings. The molecule has 1 heterocycles. The van der Waals surface area contributed by atoms with Crippen LogP contribution in [0.15, 0.2) is 22.7 Å². The van der Waals surface area contributed by atoms with Crippen LogP contribution in [0.4, 0.5) is 5.69 Å². The van der Waals surface area contributed by atoms with Gasteiger partial charge in [0.05, 0.1) is 13.2 Å². The molecule has 92 valence electrons. The monoisotopic (exact) mass is 299 g/mol. The topological polar surface area (TPSA) is 49.8 Å². The third-order valence-electron chi connectivity index (χ3n) is 2.79. The fourth-order valence-corrected chi connectivity index (χ4v) is 2.07. The predicted octanol–water partition coefficient (Wildman–Crippen LogP) is 1.48. The Morgan fingerprint density at radius 3 is 3.00 bits per heavy atom. The number of carbonyl (C=O) groups is 1. The van der Waals surface area contributed by atoms with Crippen LogP contribution in [0, 0.1) is 6.92 Å². The highest BCUT2D eigenvalue weighted by Crippen LogP contribution is 2.24. The quantitative estimate of drug-likeness (QED) is 0.900. The van der Waals surface area contributed by atoms with Gasteiger partial charge in [-0.2, -0.15) is 0 Å². The van der Waals surface area contributed by atoms with Gasteiger partial charge in [-0.05, 0) is 30.7 Å². The van der Waals surface area contributed by atoms with Gasteiger partial charge < -0.3 is 14.7 Å². The van der Waals surface area contributed by atoms with E-state index in [0.29, 0.717) is 13.2 Å². The Morgan fingerprint density at radius 2 is 2.35 bits per heavy atom. The second-order valence-electron chi connectivity index (χ2n) is 3.97. The highest BCUT2D eigenvalue weighted by molar-refractivity contribution is 9.10. The predicted molar refractivity (Wildman–Crippen MR) is 68.1 cm³/mol. The first kappa shape index (κ1) is 12.5. The normalized spacial score (nSPS) is 20.8. The third-order valence-corrected chi connectivity index (χ3v) is 3.68. The average molecular weight is 300 g/mol. The Bertz CT molecular complexity index is 436. The summed E-state index contributed by atoms with van der Waals surface area (Å²) in [5.74, 6) is -0.180. The Kier molecular flexibility index (Phi) is 3.81. The van der Waals surface area contributed by atoms with Gasteiger partial charge in [-0.15, -0.1) is 0 Å². The van der Waals surface area contributed by atoms with E-state index in [4.69, 9.17) is 9.84 Å². The highest BCUT2D eigenvalue weighted by Gasteiger charge is 2.29. The lowest BCUT2D eigenvalue weighted by Crippen LogP contribution is -2.49. The number of aliphatic hydroxyl groups excluding tert-OH is 1. The van der Waals surface area contributed by atoms with E-state index < -0.39 is 6.10 Å². The lowest BCUT2D eigenvalue weighted by molar-refractivity contribution is -0.136. The van der Waals surface area contributed by atoms with Crippen molar-refractivity contribution in [1.29, 1.82) is 0 Å². The molecule has 5 heteroatoms. The van der Waals surface area contributed by atoms with E-state index in [0.717, 1.165) is 15.7 Å². The standard InChI is InChI=1S/C12H14BrNO3/c1-8-6-9(2-3-10(8)13)14-4-5-17-11(7-15)12(14)16/h2-3,6,11,15H,4-5,7H2,1H3. The zero-order chi connectivity index (χ0) is 12.4. The number of aliphatic hydroxyl groups is 1. The Hall–Kier alpha value is -0.910. The Balaban J connectivity index is 2.26. The molecule has 0 aromatic heterocycles. The average Bonchev–Trinajstić information content (AvgIpc) is 2.33. The van der Waals surface area contributed by atoms with Crippen molar-refractivity contribution in [2.45, 2.75) is 13.0 Å².